The number of rotatable bonds is 5. The normalized spacial score (nSPS) is 11.5. The molecule has 0 heteroatoms. The molecule has 0 amide bonds. The van der Waals surface area contributed by atoms with E-state index in [1.807, 2.05) is 0 Å². The lowest BCUT2D eigenvalue weighted by atomic mass is 9.83. The summed E-state index contributed by atoms with van der Waals surface area (Å²) in [5.74, 6) is 0. The maximum absolute atomic E-state index is 2.43. The van der Waals surface area contributed by atoms with Crippen molar-refractivity contribution in [2.75, 3.05) is 0 Å². The molecule has 0 heterocycles. The molecule has 0 saturated heterocycles. The van der Waals surface area contributed by atoms with Gasteiger partial charge in [-0.3, -0.25) is 0 Å². The van der Waals surface area contributed by atoms with Gasteiger partial charge in [-0.05, 0) is 111 Å². The van der Waals surface area contributed by atoms with Gasteiger partial charge in [-0.1, -0.05) is 194 Å². The van der Waals surface area contributed by atoms with E-state index in [1.165, 1.54) is 98.7 Å². The first-order chi connectivity index (χ1) is 25.8. The molecule has 0 unspecified atom stereocenters. The topological polar surface area (TPSA) is 0 Å². The second-order valence-electron chi connectivity index (χ2n) is 13.6. The van der Waals surface area contributed by atoms with Crippen LogP contribution in [0.5, 0.6) is 0 Å². The largest absolute Gasteiger partial charge is 0.0622 e. The molecule has 0 aliphatic heterocycles. The Hall–Kier alpha value is -6.76. The van der Waals surface area contributed by atoms with Crippen LogP contribution in [0.1, 0.15) is 0 Å². The lowest BCUT2D eigenvalue weighted by molar-refractivity contribution is 1.63. The Kier molecular flexibility index (Phi) is 7.25. The van der Waals surface area contributed by atoms with Crippen LogP contribution in [0.4, 0.5) is 0 Å². The van der Waals surface area contributed by atoms with Crippen molar-refractivity contribution in [3.05, 3.63) is 206 Å². The van der Waals surface area contributed by atoms with Crippen molar-refractivity contribution in [3.63, 3.8) is 0 Å². The van der Waals surface area contributed by atoms with Gasteiger partial charge in [0.1, 0.15) is 0 Å². The van der Waals surface area contributed by atoms with Gasteiger partial charge >= 0.3 is 0 Å². The Morgan fingerprint density at radius 2 is 0.385 bits per heavy atom. The molecule has 0 nitrogen and oxygen atoms in total. The highest BCUT2D eigenvalue weighted by Crippen LogP contribution is 2.47. The quantitative estimate of drug-likeness (QED) is 0.161. The van der Waals surface area contributed by atoms with E-state index in [2.05, 4.69) is 206 Å². The standard InChI is InChI=1S/C52H34/c1-5-17-35(18-6-1)49-41-25-13-15-27-43(41)51(37-21-9-3-10-22-37)47-33-39(29-31-45(47)49)40-30-32-46-48(34-40)52(38-23-11-4-12-24-38)44-28-16-14-26-42(44)50(46)36-19-7-2-8-20-36/h1-34H. The van der Waals surface area contributed by atoms with Crippen LogP contribution in [0, 0.1) is 0 Å². The fraction of sp³-hybridized carbons (Fsp3) is 0. The molecule has 0 atom stereocenters. The third kappa shape index (κ3) is 4.92. The van der Waals surface area contributed by atoms with Crippen molar-refractivity contribution < 1.29 is 0 Å². The lowest BCUT2D eigenvalue weighted by Crippen LogP contribution is -1.93. The van der Waals surface area contributed by atoms with Crippen LogP contribution in [0.3, 0.4) is 0 Å². The van der Waals surface area contributed by atoms with Crippen molar-refractivity contribution in [2.45, 2.75) is 0 Å². The van der Waals surface area contributed by atoms with Crippen LogP contribution in [-0.2, 0) is 0 Å². The lowest BCUT2D eigenvalue weighted by Gasteiger charge is -2.20. The third-order valence-electron chi connectivity index (χ3n) is 10.6. The van der Waals surface area contributed by atoms with E-state index >= 15 is 0 Å². The fourth-order valence-electron chi connectivity index (χ4n) is 8.38. The molecule has 0 radical (unpaired) electrons. The van der Waals surface area contributed by atoms with Gasteiger partial charge in [0.25, 0.3) is 0 Å². The van der Waals surface area contributed by atoms with E-state index in [-0.39, 0.29) is 0 Å². The summed E-state index contributed by atoms with van der Waals surface area (Å²) in [6.45, 7) is 0. The summed E-state index contributed by atoms with van der Waals surface area (Å²) in [5, 5.41) is 10.1. The molecule has 0 fully saturated rings. The van der Waals surface area contributed by atoms with Gasteiger partial charge in [0.2, 0.25) is 0 Å². The predicted molar refractivity (Wildman–Crippen MR) is 224 cm³/mol. The van der Waals surface area contributed by atoms with E-state index in [4.69, 9.17) is 0 Å². The molecule has 0 bridgehead atoms. The Morgan fingerprint density at radius 3 is 0.673 bits per heavy atom. The summed E-state index contributed by atoms with van der Waals surface area (Å²) >= 11 is 0. The molecule has 0 aliphatic carbocycles. The Balaban J connectivity index is 1.30. The molecule has 10 rings (SSSR count). The third-order valence-corrected chi connectivity index (χ3v) is 10.6. The monoisotopic (exact) mass is 658 g/mol. The summed E-state index contributed by atoms with van der Waals surface area (Å²) in [6, 6.07) is 75.5. The summed E-state index contributed by atoms with van der Waals surface area (Å²) in [6.07, 6.45) is 0. The predicted octanol–water partition coefficient (Wildman–Crippen LogP) is 14.6. The Labute approximate surface area is 303 Å². The zero-order valence-electron chi connectivity index (χ0n) is 28.6. The van der Waals surface area contributed by atoms with Crippen LogP contribution in [0.15, 0.2) is 206 Å². The fourth-order valence-corrected chi connectivity index (χ4v) is 8.38. The van der Waals surface area contributed by atoms with Gasteiger partial charge < -0.3 is 0 Å². The highest BCUT2D eigenvalue weighted by atomic mass is 14.2. The maximum atomic E-state index is 2.43. The van der Waals surface area contributed by atoms with Crippen LogP contribution >= 0.6 is 0 Å². The zero-order chi connectivity index (χ0) is 34.4. The van der Waals surface area contributed by atoms with Gasteiger partial charge in [0.05, 0.1) is 0 Å². The van der Waals surface area contributed by atoms with E-state index < -0.39 is 0 Å². The summed E-state index contributed by atoms with van der Waals surface area (Å²) < 4.78 is 0. The smallest absolute Gasteiger partial charge is 0.00262 e. The van der Waals surface area contributed by atoms with Crippen molar-refractivity contribution >= 4 is 43.1 Å². The first-order valence-corrected chi connectivity index (χ1v) is 18.0. The Morgan fingerprint density at radius 1 is 0.154 bits per heavy atom. The summed E-state index contributed by atoms with van der Waals surface area (Å²) in [7, 11) is 0. The molecule has 10 aromatic carbocycles. The minimum absolute atomic E-state index is 1.20. The molecule has 0 aromatic heterocycles. The van der Waals surface area contributed by atoms with E-state index in [0.29, 0.717) is 0 Å². The summed E-state index contributed by atoms with van der Waals surface area (Å²) in [4.78, 5) is 0. The molecular formula is C52H34. The molecule has 0 aliphatic rings. The second kappa shape index (κ2) is 12.5. The average Bonchev–Trinajstić information content (AvgIpc) is 3.22. The summed E-state index contributed by atoms with van der Waals surface area (Å²) in [5.41, 5.74) is 12.4. The molecule has 10 aromatic rings. The van der Waals surface area contributed by atoms with Gasteiger partial charge in [-0.25, -0.2) is 0 Å². The molecule has 0 saturated carbocycles. The number of fused-ring (bicyclic) bond motifs is 4. The highest BCUT2D eigenvalue weighted by Gasteiger charge is 2.20. The van der Waals surface area contributed by atoms with E-state index in [1.54, 1.807) is 0 Å². The van der Waals surface area contributed by atoms with Gasteiger partial charge in [-0.2, -0.15) is 0 Å². The van der Waals surface area contributed by atoms with Crippen molar-refractivity contribution in [1.82, 2.24) is 0 Å². The van der Waals surface area contributed by atoms with Gasteiger partial charge in [0, 0.05) is 0 Å². The van der Waals surface area contributed by atoms with Crippen LogP contribution < -0.4 is 0 Å². The first kappa shape index (κ1) is 30.1. The highest BCUT2D eigenvalue weighted by molar-refractivity contribution is 6.23. The first-order valence-electron chi connectivity index (χ1n) is 18.0. The minimum Gasteiger partial charge on any atom is -0.0622 e. The maximum Gasteiger partial charge on any atom is -0.00262 e. The average molecular weight is 659 g/mol. The van der Waals surface area contributed by atoms with Crippen LogP contribution in [0.25, 0.3) is 98.7 Å². The molecule has 0 N–H and O–H groups in total. The van der Waals surface area contributed by atoms with E-state index in [0.717, 1.165) is 0 Å². The zero-order valence-corrected chi connectivity index (χ0v) is 28.6. The van der Waals surface area contributed by atoms with Crippen molar-refractivity contribution in [1.29, 1.82) is 0 Å². The second-order valence-corrected chi connectivity index (χ2v) is 13.6. The van der Waals surface area contributed by atoms with Gasteiger partial charge in [0.15, 0.2) is 0 Å². The molecule has 52 heavy (non-hydrogen) atoms. The number of hydrogen-bond donors (Lipinski definition) is 0. The number of hydrogen-bond acceptors (Lipinski definition) is 0. The van der Waals surface area contributed by atoms with Crippen molar-refractivity contribution in [2.24, 2.45) is 0 Å². The number of benzene rings is 10. The molecule has 242 valence electrons. The van der Waals surface area contributed by atoms with Crippen LogP contribution in [0.2, 0.25) is 0 Å². The molecular weight excluding hydrogens is 625 g/mol. The Bertz CT molecular complexity index is 2700. The van der Waals surface area contributed by atoms with Gasteiger partial charge in [-0.15, -0.1) is 0 Å². The SMILES string of the molecule is c1ccc(-c2c3ccccc3c(-c3ccccc3)c3cc(-c4ccc5c(-c6ccccc6)c6ccccc6c(-c6ccccc6)c5c4)ccc23)cc1. The van der Waals surface area contributed by atoms with Crippen LogP contribution in [-0.4, -0.2) is 0 Å². The molecule has 0 spiro atoms. The minimum atomic E-state index is 1.20. The van der Waals surface area contributed by atoms with Crippen molar-refractivity contribution in [3.8, 4) is 55.6 Å². The van der Waals surface area contributed by atoms with E-state index in [9.17, 15) is 0 Å².